The van der Waals surface area contributed by atoms with Crippen molar-refractivity contribution in [2.24, 2.45) is 0 Å². The molecule has 0 bridgehead atoms. The van der Waals surface area contributed by atoms with Crippen molar-refractivity contribution in [2.45, 2.75) is 6.42 Å². The number of thiophene rings is 1. The van der Waals surface area contributed by atoms with Crippen molar-refractivity contribution in [3.63, 3.8) is 0 Å². The molecule has 2 heteroatoms. The van der Waals surface area contributed by atoms with Crippen LogP contribution in [0.2, 0.25) is 0 Å². The zero-order valence-electron chi connectivity index (χ0n) is 26.0. The van der Waals surface area contributed by atoms with Gasteiger partial charge in [0, 0.05) is 37.6 Å². The van der Waals surface area contributed by atoms with Gasteiger partial charge < -0.3 is 4.90 Å². The topological polar surface area (TPSA) is 3.24 Å². The summed E-state index contributed by atoms with van der Waals surface area (Å²) in [6.07, 6.45) is 9.49. The molecule has 0 aliphatic heterocycles. The Balaban J connectivity index is 1.21. The molecule has 6 aromatic carbocycles. The van der Waals surface area contributed by atoms with E-state index in [2.05, 4.69) is 187 Å². The van der Waals surface area contributed by atoms with Crippen LogP contribution in [0.5, 0.6) is 0 Å². The molecule has 0 unspecified atom stereocenters. The fraction of sp³-hybridized carbons (Fsp3) is 0.0222. The summed E-state index contributed by atoms with van der Waals surface area (Å²) in [5, 5.41) is 1.28. The van der Waals surface area contributed by atoms with Gasteiger partial charge in [0.25, 0.3) is 0 Å². The molecule has 1 nitrogen and oxygen atoms in total. The Morgan fingerprint density at radius 3 is 2.00 bits per heavy atom. The minimum atomic E-state index is 0.900. The standard InChI is InChI=1S/C45H33NS/c1-32-14-5-2-8-17-35-18-11-12-23-41(35)44-42-31-37(26-29-43(42)47-45(32)44)34-24-27-39(28-25-34)46(38-20-9-4-10-21-38)40-22-13-19-36(30-40)33-15-6-3-7-16-33/h2-16,18-31H,1,17H2/b8-2-,14-5-. The first-order valence-electron chi connectivity index (χ1n) is 16.0. The number of allylic oxidation sites excluding steroid dienone is 5. The quantitative estimate of drug-likeness (QED) is 0.185. The summed E-state index contributed by atoms with van der Waals surface area (Å²) >= 11 is 1.83. The van der Waals surface area contributed by atoms with Crippen LogP contribution in [0.1, 0.15) is 10.4 Å². The van der Waals surface area contributed by atoms with Crippen LogP contribution in [0.25, 0.3) is 49.0 Å². The van der Waals surface area contributed by atoms with E-state index in [0.717, 1.165) is 29.1 Å². The van der Waals surface area contributed by atoms with Gasteiger partial charge in [0.1, 0.15) is 0 Å². The first-order valence-corrected chi connectivity index (χ1v) is 16.8. The minimum absolute atomic E-state index is 0.900. The molecular formula is C45H33NS. The second kappa shape index (κ2) is 12.6. The summed E-state index contributed by atoms with van der Waals surface area (Å²) in [7, 11) is 0. The fourth-order valence-electron chi connectivity index (χ4n) is 6.52. The predicted octanol–water partition coefficient (Wildman–Crippen LogP) is 13.1. The molecule has 0 spiro atoms. The van der Waals surface area contributed by atoms with E-state index in [0.29, 0.717) is 0 Å². The van der Waals surface area contributed by atoms with Crippen LogP contribution in [0.3, 0.4) is 0 Å². The van der Waals surface area contributed by atoms with Crippen LogP contribution < -0.4 is 4.90 Å². The molecule has 47 heavy (non-hydrogen) atoms. The zero-order chi connectivity index (χ0) is 31.6. The van der Waals surface area contributed by atoms with E-state index >= 15 is 0 Å². The third kappa shape index (κ3) is 5.65. The molecule has 7 aromatic rings. The van der Waals surface area contributed by atoms with Crippen LogP contribution >= 0.6 is 11.3 Å². The van der Waals surface area contributed by atoms with Gasteiger partial charge in [-0.2, -0.15) is 0 Å². The molecular weight excluding hydrogens is 587 g/mol. The van der Waals surface area contributed by atoms with E-state index in [-0.39, 0.29) is 0 Å². The maximum Gasteiger partial charge on any atom is 0.0467 e. The van der Waals surface area contributed by atoms with E-state index in [4.69, 9.17) is 0 Å². The molecule has 1 aliphatic carbocycles. The van der Waals surface area contributed by atoms with E-state index in [1.54, 1.807) is 0 Å². The molecule has 8 rings (SSSR count). The van der Waals surface area contributed by atoms with Crippen LogP contribution in [0.15, 0.2) is 183 Å². The van der Waals surface area contributed by atoms with Crippen molar-refractivity contribution in [2.75, 3.05) is 4.90 Å². The Morgan fingerprint density at radius 1 is 0.532 bits per heavy atom. The second-order valence-corrected chi connectivity index (χ2v) is 12.9. The highest BCUT2D eigenvalue weighted by atomic mass is 32.1. The van der Waals surface area contributed by atoms with Gasteiger partial charge in [-0.25, -0.2) is 0 Å². The molecule has 0 saturated heterocycles. The van der Waals surface area contributed by atoms with E-state index in [9.17, 15) is 0 Å². The largest absolute Gasteiger partial charge is 0.310 e. The first-order chi connectivity index (χ1) is 23.2. The number of rotatable bonds is 5. The first kappa shape index (κ1) is 28.8. The van der Waals surface area contributed by atoms with Crippen molar-refractivity contribution in [3.05, 3.63) is 193 Å². The van der Waals surface area contributed by atoms with Crippen molar-refractivity contribution in [3.8, 4) is 33.4 Å². The van der Waals surface area contributed by atoms with Crippen LogP contribution in [-0.4, -0.2) is 0 Å². The Kier molecular flexibility index (Phi) is 7.70. The number of hydrogen-bond donors (Lipinski definition) is 0. The summed E-state index contributed by atoms with van der Waals surface area (Å²) in [6.45, 7) is 4.46. The molecule has 0 N–H and O–H groups in total. The van der Waals surface area contributed by atoms with Gasteiger partial charge >= 0.3 is 0 Å². The summed E-state index contributed by atoms with van der Waals surface area (Å²) < 4.78 is 1.28. The number of hydrogen-bond acceptors (Lipinski definition) is 2. The van der Waals surface area contributed by atoms with Crippen LogP contribution in [0.4, 0.5) is 17.1 Å². The molecule has 1 aliphatic rings. The third-order valence-electron chi connectivity index (χ3n) is 8.83. The van der Waals surface area contributed by atoms with Crippen molar-refractivity contribution < 1.29 is 0 Å². The second-order valence-electron chi connectivity index (χ2n) is 11.8. The maximum atomic E-state index is 4.46. The molecule has 0 fully saturated rings. The number of para-hydroxylation sites is 1. The van der Waals surface area contributed by atoms with E-state index in [1.165, 1.54) is 53.9 Å². The number of anilines is 3. The van der Waals surface area contributed by atoms with Gasteiger partial charge in [0.15, 0.2) is 0 Å². The number of benzene rings is 6. The van der Waals surface area contributed by atoms with Gasteiger partial charge in [0.05, 0.1) is 0 Å². The summed E-state index contributed by atoms with van der Waals surface area (Å²) in [4.78, 5) is 3.57. The molecule has 224 valence electrons. The molecule has 1 aromatic heterocycles. The summed E-state index contributed by atoms with van der Waals surface area (Å²) in [5.74, 6) is 0. The lowest BCUT2D eigenvalue weighted by atomic mass is 9.92. The predicted molar refractivity (Wildman–Crippen MR) is 204 cm³/mol. The summed E-state index contributed by atoms with van der Waals surface area (Å²) in [5.41, 5.74) is 13.1. The normalized spacial score (nSPS) is 13.8. The highest BCUT2D eigenvalue weighted by Crippen LogP contribution is 2.45. The Hall–Kier alpha value is -5.70. The Labute approximate surface area is 280 Å². The lowest BCUT2D eigenvalue weighted by Gasteiger charge is -2.26. The minimum Gasteiger partial charge on any atom is -0.310 e. The zero-order valence-corrected chi connectivity index (χ0v) is 26.8. The van der Waals surface area contributed by atoms with Crippen LogP contribution in [-0.2, 0) is 6.42 Å². The van der Waals surface area contributed by atoms with Crippen molar-refractivity contribution in [1.29, 1.82) is 0 Å². The lowest BCUT2D eigenvalue weighted by Crippen LogP contribution is -2.09. The SMILES string of the molecule is C=C1/C=C\C=C/Cc2ccccc2-c2c1sc1ccc(-c3ccc(N(c4ccccc4)c4cccc(-c5ccccc5)c4)cc3)cc21. The highest BCUT2D eigenvalue weighted by molar-refractivity contribution is 7.20. The monoisotopic (exact) mass is 619 g/mol. The smallest absolute Gasteiger partial charge is 0.0467 e. The molecule has 0 atom stereocenters. The molecule has 0 radical (unpaired) electrons. The fourth-order valence-corrected chi connectivity index (χ4v) is 7.66. The van der Waals surface area contributed by atoms with Gasteiger partial charge in [-0.15, -0.1) is 11.3 Å². The lowest BCUT2D eigenvalue weighted by molar-refractivity contribution is 1.27. The van der Waals surface area contributed by atoms with E-state index in [1.807, 2.05) is 11.3 Å². The average Bonchev–Trinajstić information content (AvgIpc) is 3.52. The van der Waals surface area contributed by atoms with Crippen LogP contribution in [0, 0.1) is 0 Å². The maximum absolute atomic E-state index is 4.46. The van der Waals surface area contributed by atoms with Gasteiger partial charge in [-0.05, 0) is 93.9 Å². The Bertz CT molecular complexity index is 2270. The molecule has 0 amide bonds. The van der Waals surface area contributed by atoms with Crippen molar-refractivity contribution >= 4 is 44.1 Å². The average molecular weight is 620 g/mol. The van der Waals surface area contributed by atoms with E-state index < -0.39 is 0 Å². The molecule has 0 saturated carbocycles. The van der Waals surface area contributed by atoms with Crippen molar-refractivity contribution in [1.82, 2.24) is 0 Å². The summed E-state index contributed by atoms with van der Waals surface area (Å²) in [6, 6.07) is 54.6. The van der Waals surface area contributed by atoms with Gasteiger partial charge in [0.2, 0.25) is 0 Å². The number of nitrogens with zero attached hydrogens (tertiary/aromatic N) is 1. The highest BCUT2D eigenvalue weighted by Gasteiger charge is 2.19. The van der Waals surface area contributed by atoms with Gasteiger partial charge in [-0.1, -0.05) is 134 Å². The molecule has 1 heterocycles. The van der Waals surface area contributed by atoms with Gasteiger partial charge in [-0.3, -0.25) is 0 Å². The third-order valence-corrected chi connectivity index (χ3v) is 10.1. The number of fused-ring (bicyclic) bond motifs is 5. The Morgan fingerprint density at radius 2 is 1.17 bits per heavy atom.